The van der Waals surface area contributed by atoms with E-state index in [1.807, 2.05) is 12.2 Å². The summed E-state index contributed by atoms with van der Waals surface area (Å²) < 4.78 is 0. The third-order valence-corrected chi connectivity index (χ3v) is 10.0. The van der Waals surface area contributed by atoms with Crippen LogP contribution in [0.5, 0.6) is 0 Å². The monoisotopic (exact) mass is 668 g/mol. The second-order valence-electron chi connectivity index (χ2n) is 13.2. The zero-order valence-electron chi connectivity index (χ0n) is 29.4. The summed E-state index contributed by atoms with van der Waals surface area (Å²) in [7, 11) is 2.16. The SMILES string of the molecule is C=C/C=C(\C=C)c1ccc(N(c2ccc(-c3ccc(N(C)C4=Cc5cc6ccccc6cc5C=CC4)cc3)cc2)c2cccc3ccccc23)cc1. The molecule has 0 aliphatic heterocycles. The molecule has 0 saturated carbocycles. The topological polar surface area (TPSA) is 6.48 Å². The normalized spacial score (nSPS) is 12.6. The minimum atomic E-state index is 0.877. The van der Waals surface area contributed by atoms with Crippen LogP contribution in [0.1, 0.15) is 23.1 Å². The Hall–Kier alpha value is -6.64. The first-order valence-corrected chi connectivity index (χ1v) is 17.8. The first-order chi connectivity index (χ1) is 25.6. The van der Waals surface area contributed by atoms with E-state index < -0.39 is 0 Å². The zero-order valence-corrected chi connectivity index (χ0v) is 29.4. The standard InChI is InChI=1S/C50H40N2/c1-4-12-36(5-2)37-23-29-46(30-24-37)52(50-20-11-16-40-13-8-9-19-49(40)50)47-31-25-39(26-32-47)38-21-27-45(28-22-38)51(3)48-18-10-17-43-33-41-14-6-7-15-42(41)34-44(43)35-48/h4-17,19-35H,1-2,18H2,3H3/b36-12+. The Balaban J connectivity index is 1.09. The van der Waals surface area contributed by atoms with Crippen LogP contribution < -0.4 is 9.80 Å². The number of anilines is 4. The van der Waals surface area contributed by atoms with Gasteiger partial charge in [-0.05, 0) is 110 Å². The molecule has 0 unspecified atom stereocenters. The highest BCUT2D eigenvalue weighted by molar-refractivity contribution is 5.99. The maximum Gasteiger partial charge on any atom is 0.0540 e. The van der Waals surface area contributed by atoms with Gasteiger partial charge in [-0.25, -0.2) is 0 Å². The van der Waals surface area contributed by atoms with E-state index >= 15 is 0 Å². The Morgan fingerprint density at radius 2 is 1.17 bits per heavy atom. The van der Waals surface area contributed by atoms with Crippen molar-refractivity contribution in [1.29, 1.82) is 0 Å². The maximum atomic E-state index is 4.00. The third kappa shape index (κ3) is 6.39. The van der Waals surface area contributed by atoms with Gasteiger partial charge in [-0.1, -0.05) is 141 Å². The van der Waals surface area contributed by atoms with Gasteiger partial charge in [0.2, 0.25) is 0 Å². The van der Waals surface area contributed by atoms with E-state index in [9.17, 15) is 0 Å². The summed E-state index contributed by atoms with van der Waals surface area (Å²) in [6.07, 6.45) is 13.4. The van der Waals surface area contributed by atoms with Gasteiger partial charge in [0, 0.05) is 41.6 Å². The van der Waals surface area contributed by atoms with Gasteiger partial charge in [-0.15, -0.1) is 0 Å². The predicted molar refractivity (Wildman–Crippen MR) is 226 cm³/mol. The Morgan fingerprint density at radius 3 is 1.83 bits per heavy atom. The number of nitrogens with zero attached hydrogens (tertiary/aromatic N) is 2. The lowest BCUT2D eigenvalue weighted by atomic mass is 10.0. The van der Waals surface area contributed by atoms with E-state index in [1.54, 1.807) is 6.08 Å². The first-order valence-electron chi connectivity index (χ1n) is 17.8. The summed E-state index contributed by atoms with van der Waals surface area (Å²) in [5.74, 6) is 0. The Morgan fingerprint density at radius 1 is 0.596 bits per heavy atom. The van der Waals surface area contributed by atoms with Crippen LogP contribution in [-0.4, -0.2) is 7.05 Å². The number of fused-ring (bicyclic) bond motifs is 3. The van der Waals surface area contributed by atoms with E-state index in [-0.39, 0.29) is 0 Å². The summed E-state index contributed by atoms with van der Waals surface area (Å²) in [6.45, 7) is 7.86. The van der Waals surface area contributed by atoms with Crippen LogP contribution >= 0.6 is 0 Å². The fourth-order valence-electron chi connectivity index (χ4n) is 7.21. The van der Waals surface area contributed by atoms with Crippen molar-refractivity contribution >= 4 is 62.0 Å². The van der Waals surface area contributed by atoms with Gasteiger partial charge >= 0.3 is 0 Å². The number of benzene rings is 7. The molecule has 0 amide bonds. The molecular formula is C50H40N2. The lowest BCUT2D eigenvalue weighted by Gasteiger charge is -2.27. The van der Waals surface area contributed by atoms with Crippen molar-refractivity contribution in [3.63, 3.8) is 0 Å². The minimum Gasteiger partial charge on any atom is -0.348 e. The van der Waals surface area contributed by atoms with Crippen LogP contribution in [0.2, 0.25) is 0 Å². The van der Waals surface area contributed by atoms with Gasteiger partial charge in [0.1, 0.15) is 0 Å². The summed E-state index contributed by atoms with van der Waals surface area (Å²) in [5, 5.41) is 4.95. The molecule has 1 aliphatic carbocycles. The first kappa shape index (κ1) is 32.6. The molecule has 2 heteroatoms. The van der Waals surface area contributed by atoms with Crippen molar-refractivity contribution in [2.24, 2.45) is 0 Å². The van der Waals surface area contributed by atoms with E-state index in [0.29, 0.717) is 0 Å². The molecule has 0 heterocycles. The predicted octanol–water partition coefficient (Wildman–Crippen LogP) is 13.8. The Bertz CT molecular complexity index is 2510. The average molecular weight is 669 g/mol. The van der Waals surface area contributed by atoms with Crippen LogP contribution in [0.25, 0.3) is 50.4 Å². The Labute approximate surface area is 306 Å². The largest absolute Gasteiger partial charge is 0.348 e. The van der Waals surface area contributed by atoms with Crippen LogP contribution in [0.3, 0.4) is 0 Å². The molecule has 250 valence electrons. The summed E-state index contributed by atoms with van der Waals surface area (Å²) in [6, 6.07) is 54.7. The van der Waals surface area contributed by atoms with Gasteiger partial charge < -0.3 is 9.80 Å². The van der Waals surface area contributed by atoms with Gasteiger partial charge in [-0.2, -0.15) is 0 Å². The highest BCUT2D eigenvalue weighted by Crippen LogP contribution is 2.40. The summed E-state index contributed by atoms with van der Waals surface area (Å²) in [5.41, 5.74) is 12.8. The van der Waals surface area contributed by atoms with Crippen molar-refractivity contribution < 1.29 is 0 Å². The maximum absolute atomic E-state index is 4.00. The molecule has 0 fully saturated rings. The van der Waals surface area contributed by atoms with Crippen LogP contribution in [0, 0.1) is 0 Å². The van der Waals surface area contributed by atoms with Gasteiger partial charge in [0.25, 0.3) is 0 Å². The quantitative estimate of drug-likeness (QED) is 0.141. The average Bonchev–Trinajstić information content (AvgIpc) is 3.41. The Kier molecular flexibility index (Phi) is 8.96. The third-order valence-electron chi connectivity index (χ3n) is 10.0. The van der Waals surface area contributed by atoms with Crippen LogP contribution in [0.15, 0.2) is 195 Å². The molecule has 0 N–H and O–H groups in total. The van der Waals surface area contributed by atoms with Crippen molar-refractivity contribution in [2.75, 3.05) is 16.8 Å². The second-order valence-corrected chi connectivity index (χ2v) is 13.2. The molecule has 52 heavy (non-hydrogen) atoms. The molecule has 8 rings (SSSR count). The van der Waals surface area contributed by atoms with Crippen molar-refractivity contribution in [2.45, 2.75) is 6.42 Å². The molecule has 0 radical (unpaired) electrons. The van der Waals surface area contributed by atoms with E-state index in [2.05, 4.69) is 200 Å². The molecular weight excluding hydrogens is 629 g/mol. The number of allylic oxidation sites excluding steroid dienone is 5. The van der Waals surface area contributed by atoms with Crippen LogP contribution in [-0.2, 0) is 0 Å². The lowest BCUT2D eigenvalue weighted by Crippen LogP contribution is -2.15. The zero-order chi connectivity index (χ0) is 35.4. The molecule has 7 aromatic carbocycles. The second kappa shape index (κ2) is 14.3. The van der Waals surface area contributed by atoms with Gasteiger partial charge in [0.05, 0.1) is 5.69 Å². The van der Waals surface area contributed by atoms with Crippen molar-refractivity contribution in [3.05, 3.63) is 212 Å². The fourth-order valence-corrected chi connectivity index (χ4v) is 7.21. The molecule has 0 aromatic heterocycles. The molecule has 0 bridgehead atoms. The summed E-state index contributed by atoms with van der Waals surface area (Å²) >= 11 is 0. The highest BCUT2D eigenvalue weighted by Gasteiger charge is 2.16. The van der Waals surface area contributed by atoms with Gasteiger partial charge in [0.15, 0.2) is 0 Å². The number of hydrogen-bond donors (Lipinski definition) is 0. The number of hydrogen-bond acceptors (Lipinski definition) is 2. The number of rotatable bonds is 9. The highest BCUT2D eigenvalue weighted by atomic mass is 15.1. The minimum absolute atomic E-state index is 0.877. The van der Waals surface area contributed by atoms with Gasteiger partial charge in [-0.3, -0.25) is 0 Å². The molecule has 0 atom stereocenters. The van der Waals surface area contributed by atoms with E-state index in [0.717, 1.165) is 40.3 Å². The van der Waals surface area contributed by atoms with E-state index in [1.165, 1.54) is 49.5 Å². The van der Waals surface area contributed by atoms with Crippen molar-refractivity contribution in [3.8, 4) is 11.1 Å². The smallest absolute Gasteiger partial charge is 0.0540 e. The molecule has 2 nitrogen and oxygen atoms in total. The van der Waals surface area contributed by atoms with Crippen molar-refractivity contribution in [1.82, 2.24) is 0 Å². The van der Waals surface area contributed by atoms with E-state index in [4.69, 9.17) is 0 Å². The fraction of sp³-hybridized carbons (Fsp3) is 0.0400. The summed E-state index contributed by atoms with van der Waals surface area (Å²) in [4.78, 5) is 4.65. The molecule has 0 spiro atoms. The molecule has 0 saturated heterocycles. The van der Waals surface area contributed by atoms with Crippen LogP contribution in [0.4, 0.5) is 22.7 Å². The molecule has 7 aromatic rings. The molecule has 1 aliphatic rings. The lowest BCUT2D eigenvalue weighted by molar-refractivity contribution is 1.05.